The van der Waals surface area contributed by atoms with Gasteiger partial charge in [-0.2, -0.15) is 5.26 Å². The van der Waals surface area contributed by atoms with Gasteiger partial charge in [0.15, 0.2) is 17.5 Å². The van der Waals surface area contributed by atoms with Crippen molar-refractivity contribution in [3.05, 3.63) is 172 Å². The Hall–Kier alpha value is -6.18. The van der Waals surface area contributed by atoms with Gasteiger partial charge in [0.2, 0.25) is 0 Å². The van der Waals surface area contributed by atoms with Crippen molar-refractivity contribution in [3.8, 4) is 62.5 Å². The van der Waals surface area contributed by atoms with Crippen LogP contribution in [0.4, 0.5) is 0 Å². The quantitative estimate of drug-likeness (QED) is 0.199. The van der Waals surface area contributed by atoms with Crippen molar-refractivity contribution in [1.82, 2.24) is 15.0 Å². The summed E-state index contributed by atoms with van der Waals surface area (Å²) in [7, 11) is 0. The van der Waals surface area contributed by atoms with Crippen LogP contribution in [0.2, 0.25) is 0 Å². The van der Waals surface area contributed by atoms with Gasteiger partial charge < -0.3 is 0 Å². The molecule has 0 unspecified atom stereocenters. The first-order valence-electron chi connectivity index (χ1n) is 16.2. The van der Waals surface area contributed by atoms with Gasteiger partial charge in [-0.25, -0.2) is 15.0 Å². The van der Waals surface area contributed by atoms with Gasteiger partial charge in [-0.05, 0) is 95.6 Å². The fraction of sp³-hybridized carbons (Fsp3) is 0.0909. The van der Waals surface area contributed by atoms with Gasteiger partial charge >= 0.3 is 0 Å². The van der Waals surface area contributed by atoms with Crippen molar-refractivity contribution in [2.75, 3.05) is 0 Å². The summed E-state index contributed by atoms with van der Waals surface area (Å²) in [4.78, 5) is 15.1. The van der Waals surface area contributed by atoms with Crippen molar-refractivity contribution in [2.45, 2.75) is 26.2 Å². The zero-order valence-corrected chi connectivity index (χ0v) is 26.9. The molecule has 6 aromatic carbocycles. The van der Waals surface area contributed by atoms with Gasteiger partial charge in [-0.1, -0.05) is 114 Å². The number of nitrogens with zero attached hydrogens (tertiary/aromatic N) is 4. The number of benzene rings is 6. The number of rotatable bonds is 3. The molecule has 0 saturated carbocycles. The predicted molar refractivity (Wildman–Crippen MR) is 191 cm³/mol. The molecule has 2 aliphatic carbocycles. The highest BCUT2D eigenvalue weighted by Gasteiger charge is 2.51. The Kier molecular flexibility index (Phi) is 6.09. The van der Waals surface area contributed by atoms with Crippen LogP contribution >= 0.6 is 0 Å². The molecule has 0 atom stereocenters. The van der Waals surface area contributed by atoms with Gasteiger partial charge in [0, 0.05) is 16.7 Å². The molecule has 226 valence electrons. The summed E-state index contributed by atoms with van der Waals surface area (Å²) in [6.45, 7) is 6.44. The van der Waals surface area contributed by atoms with Crippen LogP contribution in [0.5, 0.6) is 0 Å². The zero-order valence-electron chi connectivity index (χ0n) is 26.9. The Morgan fingerprint density at radius 2 is 0.875 bits per heavy atom. The molecule has 4 heteroatoms. The fourth-order valence-electron chi connectivity index (χ4n) is 7.71. The summed E-state index contributed by atoms with van der Waals surface area (Å²) >= 11 is 0. The number of hydrogen-bond donors (Lipinski definition) is 0. The van der Waals surface area contributed by atoms with Crippen molar-refractivity contribution >= 4 is 0 Å². The summed E-state index contributed by atoms with van der Waals surface area (Å²) in [5.41, 5.74) is 16.7. The molecule has 1 heterocycles. The molecular formula is C44H30N4. The van der Waals surface area contributed by atoms with E-state index in [1.54, 1.807) is 12.1 Å². The summed E-state index contributed by atoms with van der Waals surface area (Å²) in [5, 5.41) is 9.40. The molecule has 0 aliphatic heterocycles. The summed E-state index contributed by atoms with van der Waals surface area (Å²) in [6.07, 6.45) is 0. The molecule has 9 rings (SSSR count). The van der Waals surface area contributed by atoms with E-state index in [9.17, 15) is 5.26 Å². The fourth-order valence-corrected chi connectivity index (χ4v) is 7.71. The van der Waals surface area contributed by atoms with Crippen LogP contribution in [0.1, 0.15) is 44.5 Å². The van der Waals surface area contributed by atoms with Crippen LogP contribution in [0.3, 0.4) is 0 Å². The maximum atomic E-state index is 9.40. The van der Waals surface area contributed by atoms with Crippen molar-refractivity contribution in [3.63, 3.8) is 0 Å². The topological polar surface area (TPSA) is 62.5 Å². The summed E-state index contributed by atoms with van der Waals surface area (Å²) in [6, 6.07) is 47.3. The molecule has 0 radical (unpaired) electrons. The molecule has 4 nitrogen and oxygen atoms in total. The minimum absolute atomic E-state index is 0.465. The lowest BCUT2D eigenvalue weighted by Crippen LogP contribution is -2.26. The molecule has 1 aromatic heterocycles. The Labute approximate surface area is 280 Å². The molecule has 0 saturated heterocycles. The van der Waals surface area contributed by atoms with Gasteiger partial charge in [0.25, 0.3) is 0 Å². The van der Waals surface area contributed by atoms with Gasteiger partial charge in [0.1, 0.15) is 0 Å². The van der Waals surface area contributed by atoms with Gasteiger partial charge in [-0.15, -0.1) is 0 Å². The van der Waals surface area contributed by atoms with Crippen LogP contribution in [0.15, 0.2) is 127 Å². The lowest BCUT2D eigenvalue weighted by Gasteiger charge is -2.31. The first-order valence-corrected chi connectivity index (χ1v) is 16.2. The SMILES string of the molecule is Cc1ccc(-c2nc(-c3ccc(C#N)cc3)nc(-c3ccc4c(c3)C3(c5ccccc5-4)c4cc(C)ccc4-c4ccc(C)cc43)n2)cc1. The minimum atomic E-state index is -0.465. The number of nitriles is 1. The highest BCUT2D eigenvalue weighted by atomic mass is 15.0. The lowest BCUT2D eigenvalue weighted by atomic mass is 9.70. The van der Waals surface area contributed by atoms with E-state index in [1.807, 2.05) is 12.1 Å². The third-order valence-electron chi connectivity index (χ3n) is 9.97. The molecule has 2 aliphatic rings. The smallest absolute Gasteiger partial charge is 0.164 e. The maximum Gasteiger partial charge on any atom is 0.164 e. The van der Waals surface area contributed by atoms with E-state index in [4.69, 9.17) is 15.0 Å². The van der Waals surface area contributed by atoms with Crippen LogP contribution in [-0.4, -0.2) is 15.0 Å². The van der Waals surface area contributed by atoms with Gasteiger partial charge in [-0.3, -0.25) is 0 Å². The van der Waals surface area contributed by atoms with Crippen molar-refractivity contribution in [2.24, 2.45) is 0 Å². The van der Waals surface area contributed by atoms with E-state index in [1.165, 1.54) is 61.2 Å². The molecular weight excluding hydrogens is 585 g/mol. The first kappa shape index (κ1) is 28.1. The van der Waals surface area contributed by atoms with Crippen LogP contribution in [0, 0.1) is 32.1 Å². The average molecular weight is 615 g/mol. The molecule has 48 heavy (non-hydrogen) atoms. The number of fused-ring (bicyclic) bond motifs is 10. The standard InChI is InChI=1S/C44H30N4/c1-26-8-14-30(15-9-26)41-46-42(31-16-12-29(25-45)13-17-31)48-43(47-41)32-18-21-36-33-6-4-5-7-37(33)44(40(36)24-32)38-22-27(2)10-19-34(38)35-20-11-28(3)23-39(35)44/h4-24H,1-3H3. The van der Waals surface area contributed by atoms with E-state index >= 15 is 0 Å². The predicted octanol–water partition coefficient (Wildman–Crippen LogP) is 10.0. The molecule has 7 aromatic rings. The third-order valence-corrected chi connectivity index (χ3v) is 9.97. The van der Waals surface area contributed by atoms with Crippen LogP contribution < -0.4 is 0 Å². The second-order valence-electron chi connectivity index (χ2n) is 13.0. The number of aromatic nitrogens is 3. The second-order valence-corrected chi connectivity index (χ2v) is 13.0. The Morgan fingerprint density at radius 1 is 0.438 bits per heavy atom. The van der Waals surface area contributed by atoms with E-state index in [-0.39, 0.29) is 0 Å². The largest absolute Gasteiger partial charge is 0.208 e. The highest BCUT2D eigenvalue weighted by Crippen LogP contribution is 2.63. The van der Waals surface area contributed by atoms with Crippen LogP contribution in [0.25, 0.3) is 56.4 Å². The molecule has 0 bridgehead atoms. The number of hydrogen-bond acceptors (Lipinski definition) is 4. The third kappa shape index (κ3) is 4.04. The summed E-state index contributed by atoms with van der Waals surface area (Å²) in [5.74, 6) is 1.79. The monoisotopic (exact) mass is 614 g/mol. The highest BCUT2D eigenvalue weighted by molar-refractivity contribution is 5.96. The van der Waals surface area contributed by atoms with E-state index in [2.05, 4.69) is 130 Å². The average Bonchev–Trinajstić information content (AvgIpc) is 3.57. The lowest BCUT2D eigenvalue weighted by molar-refractivity contribution is 0.791. The molecule has 0 amide bonds. The van der Waals surface area contributed by atoms with Crippen LogP contribution in [-0.2, 0) is 5.41 Å². The van der Waals surface area contributed by atoms with E-state index in [0.717, 1.165) is 16.7 Å². The maximum absolute atomic E-state index is 9.40. The van der Waals surface area contributed by atoms with E-state index < -0.39 is 5.41 Å². The Morgan fingerprint density at radius 3 is 1.46 bits per heavy atom. The normalized spacial score (nSPS) is 13.0. The first-order chi connectivity index (χ1) is 23.4. The Bertz CT molecular complexity index is 2430. The molecule has 1 spiro atoms. The molecule has 0 fully saturated rings. The molecule has 0 N–H and O–H groups in total. The van der Waals surface area contributed by atoms with E-state index in [0.29, 0.717) is 23.0 Å². The zero-order chi connectivity index (χ0) is 32.6. The van der Waals surface area contributed by atoms with Gasteiger partial charge in [0.05, 0.1) is 17.0 Å². The second kappa shape index (κ2) is 10.4. The Balaban J connectivity index is 1.32. The van der Waals surface area contributed by atoms with Crippen molar-refractivity contribution < 1.29 is 0 Å². The minimum Gasteiger partial charge on any atom is -0.208 e. The van der Waals surface area contributed by atoms with Crippen molar-refractivity contribution in [1.29, 1.82) is 5.26 Å². The summed E-state index contributed by atoms with van der Waals surface area (Å²) < 4.78 is 0. The number of aryl methyl sites for hydroxylation is 3.